The van der Waals surface area contributed by atoms with Crippen LogP contribution in [0.2, 0.25) is 0 Å². The molecule has 2 N–H and O–H groups in total. The van der Waals surface area contributed by atoms with Crippen molar-refractivity contribution in [2.24, 2.45) is 0 Å². The fourth-order valence-corrected chi connectivity index (χ4v) is 2.04. The van der Waals surface area contributed by atoms with E-state index >= 15 is 0 Å². The number of amides is 2. The highest BCUT2D eigenvalue weighted by atomic mass is 19.1. The van der Waals surface area contributed by atoms with Gasteiger partial charge < -0.3 is 15.4 Å². The average Bonchev–Trinajstić information content (AvgIpc) is 2.50. The van der Waals surface area contributed by atoms with Crippen LogP contribution in [0.25, 0.3) is 0 Å². The zero-order valence-corrected chi connectivity index (χ0v) is 13.7. The van der Waals surface area contributed by atoms with Crippen molar-refractivity contribution >= 4 is 23.2 Å². The van der Waals surface area contributed by atoms with Crippen molar-refractivity contribution in [1.82, 2.24) is 0 Å². The van der Waals surface area contributed by atoms with Gasteiger partial charge in [-0.05, 0) is 56.3 Å². The summed E-state index contributed by atoms with van der Waals surface area (Å²) < 4.78 is 19.2. The molecule has 2 aromatic rings. The lowest BCUT2D eigenvalue weighted by atomic mass is 10.2. The lowest BCUT2D eigenvalue weighted by Gasteiger charge is -2.11. The maximum absolute atomic E-state index is 13.9. The Hall–Kier alpha value is -2.89. The molecule has 0 heterocycles. The minimum atomic E-state index is -0.586. The number of halogens is 1. The summed E-state index contributed by atoms with van der Waals surface area (Å²) in [5.41, 5.74) is 1.35. The predicted octanol–water partition coefficient (Wildman–Crippen LogP) is 3.82. The molecule has 0 aliphatic carbocycles. The first kappa shape index (κ1) is 17.5. The molecule has 0 aliphatic heterocycles. The van der Waals surface area contributed by atoms with Crippen LogP contribution in [0.15, 0.2) is 42.5 Å². The zero-order chi connectivity index (χ0) is 17.7. The molecule has 0 unspecified atom stereocenters. The van der Waals surface area contributed by atoms with Gasteiger partial charge in [-0.1, -0.05) is 0 Å². The standard InChI is InChI=1S/C18H19FN2O3/c1-11(2)24-17-9-4-13(10-16(17)19)18(23)21-15-7-5-14(6-8-15)20-12(3)22/h4-11H,1-3H3,(H,20,22)(H,21,23). The van der Waals surface area contributed by atoms with E-state index in [2.05, 4.69) is 10.6 Å². The second-order valence-electron chi connectivity index (χ2n) is 5.52. The summed E-state index contributed by atoms with van der Waals surface area (Å²) in [6, 6.07) is 10.7. The van der Waals surface area contributed by atoms with E-state index in [1.807, 2.05) is 0 Å². The van der Waals surface area contributed by atoms with Gasteiger partial charge in [0.2, 0.25) is 5.91 Å². The van der Waals surface area contributed by atoms with Gasteiger partial charge in [0.1, 0.15) is 0 Å². The molecule has 2 aromatic carbocycles. The molecule has 0 saturated heterocycles. The fraction of sp³-hybridized carbons (Fsp3) is 0.222. The van der Waals surface area contributed by atoms with Crippen LogP contribution in [0.4, 0.5) is 15.8 Å². The van der Waals surface area contributed by atoms with Gasteiger partial charge in [-0.3, -0.25) is 9.59 Å². The van der Waals surface area contributed by atoms with Crippen LogP contribution < -0.4 is 15.4 Å². The average molecular weight is 330 g/mol. The molecule has 0 aliphatic rings. The number of nitrogens with one attached hydrogen (secondary N) is 2. The van der Waals surface area contributed by atoms with E-state index in [1.165, 1.54) is 19.1 Å². The van der Waals surface area contributed by atoms with Crippen LogP contribution in [-0.2, 0) is 4.79 Å². The van der Waals surface area contributed by atoms with Crippen molar-refractivity contribution in [1.29, 1.82) is 0 Å². The number of benzene rings is 2. The minimum Gasteiger partial charge on any atom is -0.488 e. The molecular formula is C18H19FN2O3. The lowest BCUT2D eigenvalue weighted by Crippen LogP contribution is -2.13. The number of carbonyl (C=O) groups excluding carboxylic acids is 2. The van der Waals surface area contributed by atoms with E-state index in [-0.39, 0.29) is 23.3 Å². The second-order valence-corrected chi connectivity index (χ2v) is 5.52. The Kier molecular flexibility index (Phi) is 5.52. The van der Waals surface area contributed by atoms with E-state index in [0.717, 1.165) is 6.07 Å². The van der Waals surface area contributed by atoms with Crippen molar-refractivity contribution in [3.8, 4) is 5.75 Å². The van der Waals surface area contributed by atoms with E-state index in [4.69, 9.17) is 4.74 Å². The predicted molar refractivity (Wildman–Crippen MR) is 90.9 cm³/mol. The summed E-state index contributed by atoms with van der Waals surface area (Å²) in [5.74, 6) is -1.08. The summed E-state index contributed by atoms with van der Waals surface area (Å²) in [7, 11) is 0. The maximum atomic E-state index is 13.9. The summed E-state index contributed by atoms with van der Waals surface area (Å²) >= 11 is 0. The van der Waals surface area contributed by atoms with Crippen molar-refractivity contribution in [2.45, 2.75) is 26.9 Å². The molecule has 0 fully saturated rings. The van der Waals surface area contributed by atoms with E-state index in [0.29, 0.717) is 11.4 Å². The highest BCUT2D eigenvalue weighted by Gasteiger charge is 2.12. The van der Waals surface area contributed by atoms with Crippen molar-refractivity contribution in [3.63, 3.8) is 0 Å². The number of hydrogen-bond acceptors (Lipinski definition) is 3. The summed E-state index contributed by atoms with van der Waals surface area (Å²) in [6.07, 6.45) is -0.152. The van der Waals surface area contributed by atoms with Gasteiger partial charge in [-0.25, -0.2) is 4.39 Å². The Morgan fingerprint density at radius 1 is 1.00 bits per heavy atom. The monoisotopic (exact) mass is 330 g/mol. The van der Waals surface area contributed by atoms with Crippen LogP contribution in [0.1, 0.15) is 31.1 Å². The third kappa shape index (κ3) is 4.81. The third-order valence-electron chi connectivity index (χ3n) is 3.02. The van der Waals surface area contributed by atoms with Gasteiger partial charge in [0.25, 0.3) is 5.91 Å². The number of rotatable bonds is 5. The third-order valence-corrected chi connectivity index (χ3v) is 3.02. The van der Waals surface area contributed by atoms with E-state index in [1.54, 1.807) is 38.1 Å². The largest absolute Gasteiger partial charge is 0.488 e. The number of anilines is 2. The summed E-state index contributed by atoms with van der Waals surface area (Å²) in [4.78, 5) is 23.1. The number of hydrogen-bond donors (Lipinski definition) is 2. The molecule has 0 saturated carbocycles. The van der Waals surface area contributed by atoms with Gasteiger partial charge in [0, 0.05) is 23.9 Å². The van der Waals surface area contributed by atoms with Crippen molar-refractivity contribution in [2.75, 3.05) is 10.6 Å². The molecule has 2 rings (SSSR count). The van der Waals surface area contributed by atoms with Gasteiger partial charge >= 0.3 is 0 Å². The van der Waals surface area contributed by atoms with Gasteiger partial charge in [0.05, 0.1) is 6.10 Å². The highest BCUT2D eigenvalue weighted by Crippen LogP contribution is 2.21. The Bertz CT molecular complexity index is 742. The quantitative estimate of drug-likeness (QED) is 0.875. The van der Waals surface area contributed by atoms with E-state index < -0.39 is 11.7 Å². The van der Waals surface area contributed by atoms with Gasteiger partial charge in [-0.15, -0.1) is 0 Å². The molecule has 0 bridgehead atoms. The normalized spacial score (nSPS) is 10.4. The molecule has 126 valence electrons. The van der Waals surface area contributed by atoms with Crippen molar-refractivity contribution < 1.29 is 18.7 Å². The summed E-state index contributed by atoms with van der Waals surface area (Å²) in [5, 5.41) is 5.30. The Balaban J connectivity index is 2.06. The summed E-state index contributed by atoms with van der Waals surface area (Å²) in [6.45, 7) is 5.01. The first-order valence-electron chi connectivity index (χ1n) is 7.50. The van der Waals surface area contributed by atoms with E-state index in [9.17, 15) is 14.0 Å². The van der Waals surface area contributed by atoms with Crippen LogP contribution in [-0.4, -0.2) is 17.9 Å². The Morgan fingerprint density at radius 3 is 2.08 bits per heavy atom. The molecule has 0 spiro atoms. The molecule has 24 heavy (non-hydrogen) atoms. The number of ether oxygens (including phenoxy) is 1. The van der Waals surface area contributed by atoms with Crippen LogP contribution in [0, 0.1) is 5.82 Å². The first-order valence-corrected chi connectivity index (χ1v) is 7.50. The van der Waals surface area contributed by atoms with Crippen molar-refractivity contribution in [3.05, 3.63) is 53.8 Å². The highest BCUT2D eigenvalue weighted by molar-refractivity contribution is 6.04. The first-order chi connectivity index (χ1) is 11.3. The fourth-order valence-electron chi connectivity index (χ4n) is 2.04. The molecule has 6 heteroatoms. The minimum absolute atomic E-state index is 0.112. The SMILES string of the molecule is CC(=O)Nc1ccc(NC(=O)c2ccc(OC(C)C)c(F)c2)cc1. The molecule has 5 nitrogen and oxygen atoms in total. The molecule has 2 amide bonds. The van der Waals surface area contributed by atoms with Gasteiger partial charge in [-0.2, -0.15) is 0 Å². The molecule has 0 aromatic heterocycles. The lowest BCUT2D eigenvalue weighted by molar-refractivity contribution is -0.114. The molecule has 0 atom stereocenters. The Labute approximate surface area is 139 Å². The smallest absolute Gasteiger partial charge is 0.255 e. The maximum Gasteiger partial charge on any atom is 0.255 e. The molecule has 0 radical (unpaired) electrons. The van der Waals surface area contributed by atoms with Crippen LogP contribution in [0.3, 0.4) is 0 Å². The Morgan fingerprint density at radius 2 is 1.58 bits per heavy atom. The van der Waals surface area contributed by atoms with Crippen LogP contribution in [0.5, 0.6) is 5.75 Å². The van der Waals surface area contributed by atoms with Crippen LogP contribution >= 0.6 is 0 Å². The molecular weight excluding hydrogens is 311 g/mol. The number of carbonyl (C=O) groups is 2. The second kappa shape index (κ2) is 7.59. The topological polar surface area (TPSA) is 67.4 Å². The zero-order valence-electron chi connectivity index (χ0n) is 13.7. The van der Waals surface area contributed by atoms with Gasteiger partial charge in [0.15, 0.2) is 11.6 Å².